The molecular formula is C43H41NO11. The number of esters is 2. The normalized spacial score (nSPS) is 15.9. The molecule has 1 atom stereocenters. The van der Waals surface area contributed by atoms with Gasteiger partial charge in [-0.1, -0.05) is 54.6 Å². The largest absolute Gasteiger partial charge is 0.493 e. The van der Waals surface area contributed by atoms with Crippen molar-refractivity contribution in [2.45, 2.75) is 24.8 Å². The number of carbonyl (C=O) groups is 3. The smallest absolute Gasteiger partial charge is 0.410 e. The molecule has 0 radical (unpaired) electrons. The van der Waals surface area contributed by atoms with Crippen LogP contribution in [0, 0.1) is 0 Å². The molecule has 0 unspecified atom stereocenters. The van der Waals surface area contributed by atoms with Crippen LogP contribution in [0.3, 0.4) is 0 Å². The lowest BCUT2D eigenvalue weighted by molar-refractivity contribution is -0.147. The minimum atomic E-state index is -0.872. The quantitative estimate of drug-likeness (QED) is 0.0641. The first-order valence-corrected chi connectivity index (χ1v) is 17.8. The van der Waals surface area contributed by atoms with E-state index in [1.54, 1.807) is 42.5 Å². The topological polar surface area (TPSA) is 128 Å². The van der Waals surface area contributed by atoms with Crippen LogP contribution in [0.15, 0.2) is 90.0 Å². The molecule has 4 aromatic carbocycles. The van der Waals surface area contributed by atoms with E-state index >= 15 is 0 Å². The number of carbonyl (C=O) groups excluding carboxylic acids is 3. The predicted octanol–water partition coefficient (Wildman–Crippen LogP) is 7.04. The average Bonchev–Trinajstić information content (AvgIpc) is 3.98. The Hall–Kier alpha value is -6.43. The van der Waals surface area contributed by atoms with Crippen LogP contribution >= 0.6 is 0 Å². The van der Waals surface area contributed by atoms with Gasteiger partial charge in [0.25, 0.3) is 0 Å². The van der Waals surface area contributed by atoms with Gasteiger partial charge in [0.05, 0.1) is 34.0 Å². The zero-order valence-corrected chi connectivity index (χ0v) is 31.0. The molecular weight excluding hydrogens is 706 g/mol. The van der Waals surface area contributed by atoms with Crippen LogP contribution in [0.5, 0.6) is 28.7 Å². The van der Waals surface area contributed by atoms with Crippen LogP contribution in [0.2, 0.25) is 0 Å². The molecule has 1 saturated heterocycles. The zero-order valence-electron chi connectivity index (χ0n) is 31.0. The van der Waals surface area contributed by atoms with Gasteiger partial charge in [-0.3, -0.25) is 4.90 Å². The number of fused-ring (bicyclic) bond motifs is 4. The van der Waals surface area contributed by atoms with Crippen LogP contribution in [-0.2, 0) is 23.8 Å². The van der Waals surface area contributed by atoms with E-state index in [1.807, 2.05) is 24.3 Å². The molecule has 1 amide bonds. The van der Waals surface area contributed by atoms with E-state index in [-0.39, 0.29) is 31.5 Å². The van der Waals surface area contributed by atoms with Crippen molar-refractivity contribution in [1.82, 2.24) is 4.90 Å². The number of rotatable bonds is 12. The average molecular weight is 748 g/mol. The molecule has 12 nitrogen and oxygen atoms in total. The van der Waals surface area contributed by atoms with Crippen molar-refractivity contribution in [3.8, 4) is 39.9 Å². The van der Waals surface area contributed by atoms with Crippen LogP contribution in [0.1, 0.15) is 41.0 Å². The molecule has 0 spiro atoms. The van der Waals surface area contributed by atoms with Gasteiger partial charge >= 0.3 is 18.0 Å². The minimum absolute atomic E-state index is 0.0863. The highest BCUT2D eigenvalue weighted by molar-refractivity contribution is 6.00. The standard InChI is InChI=1S/C43H41NO11/c1-48-38-21-27(22-39(49-2)40(38)50-3)19-33(41(45)51-4)28(18-26-15-16-36-37(20-26)55-25-54-36)23-52-42(46)35-14-9-17-44(35)43(47)53-24-34-31-12-7-5-10-29(31)30-11-6-8-13-32(30)34/h5-8,10-13,15-16,18-22,34-35H,9,14,17,23-25H2,1-4H3/b28-18-,33-19+/t35-/m0/s1. The van der Waals surface area contributed by atoms with Crippen molar-refractivity contribution in [2.24, 2.45) is 0 Å². The van der Waals surface area contributed by atoms with Crippen LogP contribution < -0.4 is 23.7 Å². The van der Waals surface area contributed by atoms with E-state index in [0.717, 1.165) is 22.3 Å². The second kappa shape index (κ2) is 16.3. The SMILES string of the molecule is COC(=O)C(=C/c1cc(OC)c(OC)c(OC)c1)/C(=C\c1ccc2c(c1)OCO2)COC(=O)[C@@H]1CCCN1C(=O)OCC1c2ccccc2-c2ccccc21. The van der Waals surface area contributed by atoms with Gasteiger partial charge in [-0.2, -0.15) is 0 Å². The number of likely N-dealkylation sites (tertiary alicyclic amines) is 1. The fraction of sp³-hybridized carbons (Fsp3) is 0.279. The zero-order chi connectivity index (χ0) is 38.5. The summed E-state index contributed by atoms with van der Waals surface area (Å²) in [5.74, 6) is 0.812. The Morgan fingerprint density at radius 3 is 2.09 bits per heavy atom. The number of hydrogen-bond donors (Lipinski definition) is 0. The molecule has 0 N–H and O–H groups in total. The molecule has 1 fully saturated rings. The summed E-state index contributed by atoms with van der Waals surface area (Å²) < 4.78 is 44.6. The summed E-state index contributed by atoms with van der Waals surface area (Å²) in [7, 11) is 5.74. The third-order valence-electron chi connectivity index (χ3n) is 9.95. The summed E-state index contributed by atoms with van der Waals surface area (Å²) in [4.78, 5) is 42.3. The van der Waals surface area contributed by atoms with Gasteiger partial charge < -0.3 is 37.9 Å². The Morgan fingerprint density at radius 2 is 1.44 bits per heavy atom. The highest BCUT2D eigenvalue weighted by Gasteiger charge is 2.38. The number of amides is 1. The molecule has 12 heteroatoms. The van der Waals surface area contributed by atoms with E-state index in [4.69, 9.17) is 37.9 Å². The fourth-order valence-corrected chi connectivity index (χ4v) is 7.30. The molecule has 2 heterocycles. The number of ether oxygens (including phenoxy) is 8. The van der Waals surface area contributed by atoms with Crippen LogP contribution in [0.4, 0.5) is 4.79 Å². The monoisotopic (exact) mass is 747 g/mol. The van der Waals surface area contributed by atoms with E-state index in [1.165, 1.54) is 33.3 Å². The molecule has 7 rings (SSSR count). The molecule has 3 aliphatic rings. The molecule has 0 bridgehead atoms. The van der Waals surface area contributed by atoms with Gasteiger partial charge in [0.1, 0.15) is 19.3 Å². The maximum atomic E-state index is 13.8. The first kappa shape index (κ1) is 36.9. The lowest BCUT2D eigenvalue weighted by atomic mass is 9.98. The fourth-order valence-electron chi connectivity index (χ4n) is 7.30. The lowest BCUT2D eigenvalue weighted by Gasteiger charge is -2.24. The van der Waals surface area contributed by atoms with Crippen molar-refractivity contribution < 1.29 is 52.3 Å². The number of nitrogens with zero attached hydrogens (tertiary/aromatic N) is 1. The maximum Gasteiger partial charge on any atom is 0.410 e. The predicted molar refractivity (Wildman–Crippen MR) is 202 cm³/mol. The Bertz CT molecular complexity index is 2100. The van der Waals surface area contributed by atoms with Crippen molar-refractivity contribution in [3.05, 3.63) is 112 Å². The summed E-state index contributed by atoms with van der Waals surface area (Å²) >= 11 is 0. The molecule has 2 aliphatic heterocycles. The van der Waals surface area contributed by atoms with Gasteiger partial charge in [0, 0.05) is 18.0 Å². The number of methoxy groups -OCH3 is 4. The van der Waals surface area contributed by atoms with Gasteiger partial charge in [-0.05, 0) is 82.6 Å². The van der Waals surface area contributed by atoms with Gasteiger partial charge in [-0.15, -0.1) is 0 Å². The molecule has 0 aromatic heterocycles. The second-order valence-electron chi connectivity index (χ2n) is 13.1. The number of hydrogen-bond acceptors (Lipinski definition) is 11. The third-order valence-corrected chi connectivity index (χ3v) is 9.95. The summed E-state index contributed by atoms with van der Waals surface area (Å²) in [6.45, 7) is 0.225. The van der Waals surface area contributed by atoms with Gasteiger partial charge in [0.15, 0.2) is 23.0 Å². The lowest BCUT2D eigenvalue weighted by Crippen LogP contribution is -2.42. The molecule has 284 valence electrons. The Labute approximate surface area is 318 Å². The molecule has 4 aromatic rings. The van der Waals surface area contributed by atoms with E-state index in [9.17, 15) is 14.4 Å². The highest BCUT2D eigenvalue weighted by Crippen LogP contribution is 2.45. The minimum Gasteiger partial charge on any atom is -0.493 e. The van der Waals surface area contributed by atoms with Crippen LogP contribution in [0.25, 0.3) is 23.3 Å². The van der Waals surface area contributed by atoms with Crippen molar-refractivity contribution in [1.29, 1.82) is 0 Å². The van der Waals surface area contributed by atoms with Gasteiger partial charge in [-0.25, -0.2) is 14.4 Å². The summed E-state index contributed by atoms with van der Waals surface area (Å²) in [5, 5.41) is 0. The maximum absolute atomic E-state index is 13.8. The van der Waals surface area contributed by atoms with Crippen LogP contribution in [-0.4, -0.2) is 84.0 Å². The second-order valence-corrected chi connectivity index (χ2v) is 13.1. The molecule has 55 heavy (non-hydrogen) atoms. The molecule has 0 saturated carbocycles. The Morgan fingerprint density at radius 1 is 0.764 bits per heavy atom. The van der Waals surface area contributed by atoms with E-state index in [2.05, 4.69) is 24.3 Å². The summed E-state index contributed by atoms with van der Waals surface area (Å²) in [6, 6.07) is 24.0. The van der Waals surface area contributed by atoms with Gasteiger partial charge in [0.2, 0.25) is 12.5 Å². The first-order chi connectivity index (χ1) is 26.8. The first-order valence-electron chi connectivity index (χ1n) is 17.8. The number of benzene rings is 4. The highest BCUT2D eigenvalue weighted by atomic mass is 16.7. The van der Waals surface area contributed by atoms with Crippen molar-refractivity contribution >= 4 is 30.2 Å². The van der Waals surface area contributed by atoms with E-state index < -0.39 is 24.1 Å². The summed E-state index contributed by atoms with van der Waals surface area (Å²) in [5.41, 5.74) is 6.02. The third kappa shape index (κ3) is 7.53. The summed E-state index contributed by atoms with van der Waals surface area (Å²) in [6.07, 6.45) is 3.69. The van der Waals surface area contributed by atoms with Crippen molar-refractivity contribution in [3.63, 3.8) is 0 Å². The van der Waals surface area contributed by atoms with E-state index in [0.29, 0.717) is 64.8 Å². The Balaban J connectivity index is 1.13. The van der Waals surface area contributed by atoms with Crippen molar-refractivity contribution in [2.75, 3.05) is 55.0 Å². The Kier molecular flexibility index (Phi) is 10.9. The molecule has 1 aliphatic carbocycles.